The van der Waals surface area contributed by atoms with E-state index >= 15 is 0 Å². The zero-order chi connectivity index (χ0) is 24.1. The van der Waals surface area contributed by atoms with Crippen molar-refractivity contribution < 1.29 is 14.3 Å². The molecule has 1 atom stereocenters. The highest BCUT2D eigenvalue weighted by Gasteiger charge is 2.19. The molecule has 9 nitrogen and oxygen atoms in total. The van der Waals surface area contributed by atoms with Crippen LogP contribution in [0.4, 0.5) is 11.6 Å². The van der Waals surface area contributed by atoms with Gasteiger partial charge in [-0.15, -0.1) is 0 Å². The van der Waals surface area contributed by atoms with Gasteiger partial charge in [-0.3, -0.25) is 9.59 Å². The molecule has 0 saturated heterocycles. The molecule has 176 valence electrons. The van der Waals surface area contributed by atoms with Crippen LogP contribution in [0.2, 0.25) is 0 Å². The van der Waals surface area contributed by atoms with E-state index in [0.717, 1.165) is 11.3 Å². The predicted octanol–water partition coefficient (Wildman–Crippen LogP) is 2.99. The number of carbonyl (C=O) groups excluding carboxylic acids is 1. The first-order valence-corrected chi connectivity index (χ1v) is 10.7. The number of benzene rings is 2. The van der Waals surface area contributed by atoms with Gasteiger partial charge in [0.2, 0.25) is 11.9 Å². The van der Waals surface area contributed by atoms with Gasteiger partial charge in [0.15, 0.2) is 11.5 Å². The van der Waals surface area contributed by atoms with Gasteiger partial charge in [-0.2, -0.15) is 4.98 Å². The minimum Gasteiger partial charge on any atom is -0.493 e. The standard InChI is InChI=1S/C24H31N5O4/c1-14-21-19(13-20(32-5)22(14)33-6)27-24(28-23(21)31)29(4)15(2)17-8-7-9-18(12-17)26-11-10-25-16(3)30/h7-9,12-13,15,26H,10-11H2,1-6H3,(H,25,30)(H,27,28,31). The van der Waals surface area contributed by atoms with Crippen LogP contribution in [0.15, 0.2) is 35.1 Å². The number of aromatic amines is 1. The van der Waals surface area contributed by atoms with Gasteiger partial charge in [-0.05, 0) is 31.5 Å². The zero-order valence-electron chi connectivity index (χ0n) is 19.9. The molecule has 3 aromatic rings. The largest absolute Gasteiger partial charge is 0.493 e. The minimum absolute atomic E-state index is 0.0519. The van der Waals surface area contributed by atoms with Crippen LogP contribution in [0.5, 0.6) is 11.5 Å². The third-order valence-electron chi connectivity index (χ3n) is 5.69. The topological polar surface area (TPSA) is 109 Å². The number of nitrogens with one attached hydrogen (secondary N) is 3. The summed E-state index contributed by atoms with van der Waals surface area (Å²) in [5.74, 6) is 1.47. The van der Waals surface area contributed by atoms with Gasteiger partial charge in [0.25, 0.3) is 5.56 Å². The maximum atomic E-state index is 12.9. The van der Waals surface area contributed by atoms with Crippen LogP contribution in [-0.2, 0) is 4.79 Å². The van der Waals surface area contributed by atoms with E-state index in [1.54, 1.807) is 20.3 Å². The highest BCUT2D eigenvalue weighted by molar-refractivity contribution is 5.86. The highest BCUT2D eigenvalue weighted by Crippen LogP contribution is 2.35. The number of fused-ring (bicyclic) bond motifs is 1. The van der Waals surface area contributed by atoms with Crippen molar-refractivity contribution in [2.75, 3.05) is 44.6 Å². The van der Waals surface area contributed by atoms with Crippen molar-refractivity contribution in [3.05, 3.63) is 51.8 Å². The molecule has 1 amide bonds. The molecule has 2 aromatic carbocycles. The maximum absolute atomic E-state index is 12.9. The van der Waals surface area contributed by atoms with E-state index in [-0.39, 0.29) is 17.5 Å². The molecule has 0 bridgehead atoms. The fourth-order valence-corrected chi connectivity index (χ4v) is 3.78. The van der Waals surface area contributed by atoms with Crippen molar-refractivity contribution in [3.8, 4) is 11.5 Å². The quantitative estimate of drug-likeness (QED) is 0.428. The molecule has 0 radical (unpaired) electrons. The molecule has 0 aliphatic rings. The van der Waals surface area contributed by atoms with Gasteiger partial charge in [0.05, 0.1) is 31.2 Å². The Bertz CT molecular complexity index is 1210. The Morgan fingerprint density at radius 1 is 1.21 bits per heavy atom. The Labute approximate surface area is 193 Å². The summed E-state index contributed by atoms with van der Waals surface area (Å²) < 4.78 is 10.9. The molecular formula is C24H31N5O4. The molecule has 1 heterocycles. The maximum Gasteiger partial charge on any atom is 0.282 e. The molecule has 0 aliphatic carbocycles. The normalized spacial score (nSPS) is 11.7. The highest BCUT2D eigenvalue weighted by atomic mass is 16.5. The van der Waals surface area contributed by atoms with Gasteiger partial charge in [-0.1, -0.05) is 12.1 Å². The van der Waals surface area contributed by atoms with Crippen molar-refractivity contribution in [2.45, 2.75) is 26.8 Å². The minimum atomic E-state index is -0.329. The number of anilines is 2. The van der Waals surface area contributed by atoms with Crippen LogP contribution >= 0.6 is 0 Å². The summed E-state index contributed by atoms with van der Waals surface area (Å²) in [6.45, 7) is 6.52. The molecule has 1 unspecified atom stereocenters. The number of aromatic nitrogens is 2. The Kier molecular flexibility index (Phi) is 7.42. The second-order valence-corrected chi connectivity index (χ2v) is 7.85. The van der Waals surface area contributed by atoms with Crippen LogP contribution in [-0.4, -0.2) is 50.2 Å². The molecule has 33 heavy (non-hydrogen) atoms. The number of H-pyrrole nitrogens is 1. The van der Waals surface area contributed by atoms with Gasteiger partial charge in [0, 0.05) is 44.4 Å². The molecule has 3 N–H and O–H groups in total. The molecule has 1 aromatic heterocycles. The Morgan fingerprint density at radius 3 is 2.64 bits per heavy atom. The lowest BCUT2D eigenvalue weighted by atomic mass is 10.1. The lowest BCUT2D eigenvalue weighted by Crippen LogP contribution is -2.27. The van der Waals surface area contributed by atoms with E-state index in [1.165, 1.54) is 6.92 Å². The predicted molar refractivity (Wildman–Crippen MR) is 131 cm³/mol. The molecule has 3 rings (SSSR count). The van der Waals surface area contributed by atoms with Gasteiger partial charge < -0.3 is 30.0 Å². The van der Waals surface area contributed by atoms with Crippen LogP contribution in [0.25, 0.3) is 10.9 Å². The van der Waals surface area contributed by atoms with E-state index in [2.05, 4.69) is 20.6 Å². The summed E-state index contributed by atoms with van der Waals surface area (Å²) in [5.41, 5.74) is 2.98. The monoisotopic (exact) mass is 453 g/mol. The van der Waals surface area contributed by atoms with Gasteiger partial charge in [-0.25, -0.2) is 0 Å². The number of carbonyl (C=O) groups is 1. The number of hydrogen-bond acceptors (Lipinski definition) is 7. The number of rotatable bonds is 9. The zero-order valence-corrected chi connectivity index (χ0v) is 19.9. The van der Waals surface area contributed by atoms with E-state index in [4.69, 9.17) is 9.47 Å². The second-order valence-electron chi connectivity index (χ2n) is 7.85. The number of methoxy groups -OCH3 is 2. The molecule has 0 spiro atoms. The molecule has 0 aliphatic heterocycles. The summed E-state index contributed by atoms with van der Waals surface area (Å²) >= 11 is 0. The molecule has 0 fully saturated rings. The Balaban J connectivity index is 1.88. The van der Waals surface area contributed by atoms with Crippen molar-refractivity contribution in [3.63, 3.8) is 0 Å². The smallest absolute Gasteiger partial charge is 0.282 e. The molecule has 9 heteroatoms. The summed E-state index contributed by atoms with van der Waals surface area (Å²) in [6, 6.07) is 9.71. The first-order valence-electron chi connectivity index (χ1n) is 10.7. The SMILES string of the molecule is COc1cc2[nH]c(N(C)C(C)c3cccc(NCCNC(C)=O)c3)nc(=O)c2c(C)c1OC. The molecule has 0 saturated carbocycles. The summed E-state index contributed by atoms with van der Waals surface area (Å²) in [5, 5.41) is 6.54. The van der Waals surface area contributed by atoms with Gasteiger partial charge in [0.1, 0.15) is 0 Å². The van der Waals surface area contributed by atoms with Crippen LogP contribution in [0.3, 0.4) is 0 Å². The van der Waals surface area contributed by atoms with Crippen molar-refractivity contribution in [2.24, 2.45) is 0 Å². The second kappa shape index (κ2) is 10.2. The summed E-state index contributed by atoms with van der Waals surface area (Å²) in [4.78, 5) is 33.4. The number of nitrogens with zero attached hydrogens (tertiary/aromatic N) is 2. The summed E-state index contributed by atoms with van der Waals surface area (Å²) in [7, 11) is 5.00. The van der Waals surface area contributed by atoms with E-state index in [1.807, 2.05) is 50.1 Å². The third-order valence-corrected chi connectivity index (χ3v) is 5.69. The van der Waals surface area contributed by atoms with Crippen molar-refractivity contribution in [1.29, 1.82) is 0 Å². The average molecular weight is 454 g/mol. The fourth-order valence-electron chi connectivity index (χ4n) is 3.78. The molecular weight excluding hydrogens is 422 g/mol. The average Bonchev–Trinajstić information content (AvgIpc) is 2.80. The Hall–Kier alpha value is -3.75. The fraction of sp³-hybridized carbons (Fsp3) is 0.375. The van der Waals surface area contributed by atoms with E-state index in [0.29, 0.717) is 47.0 Å². The number of ether oxygens (including phenoxy) is 2. The Morgan fingerprint density at radius 2 is 1.97 bits per heavy atom. The van der Waals surface area contributed by atoms with Crippen molar-refractivity contribution >= 4 is 28.4 Å². The summed E-state index contributed by atoms with van der Waals surface area (Å²) in [6.07, 6.45) is 0. The van der Waals surface area contributed by atoms with Gasteiger partial charge >= 0.3 is 0 Å². The van der Waals surface area contributed by atoms with Crippen LogP contribution < -0.4 is 30.6 Å². The number of hydrogen-bond donors (Lipinski definition) is 3. The van der Waals surface area contributed by atoms with Crippen molar-refractivity contribution in [1.82, 2.24) is 15.3 Å². The first kappa shape index (κ1) is 23.9. The number of aryl methyl sites for hydroxylation is 1. The van der Waals surface area contributed by atoms with E-state index in [9.17, 15) is 9.59 Å². The van der Waals surface area contributed by atoms with Crippen LogP contribution in [0.1, 0.15) is 31.0 Å². The lowest BCUT2D eigenvalue weighted by Gasteiger charge is -2.26. The number of amides is 1. The van der Waals surface area contributed by atoms with E-state index < -0.39 is 0 Å². The lowest BCUT2D eigenvalue weighted by molar-refractivity contribution is -0.118. The third kappa shape index (κ3) is 5.19. The van der Waals surface area contributed by atoms with Crippen LogP contribution in [0, 0.1) is 6.92 Å². The first-order chi connectivity index (χ1) is 15.8.